The van der Waals surface area contributed by atoms with Gasteiger partial charge in [-0.25, -0.2) is 37.5 Å². The van der Waals surface area contributed by atoms with Crippen LogP contribution in [0.4, 0.5) is 17.6 Å². The number of aryl methyl sites for hydroxylation is 7. The molecule has 12 N–H and O–H groups in total. The standard InChI is InChI=1S/3C24H23FN4.C23H21FN4/c1-12(2)20-22(21-13(3)11-28-24-17(21)6-8-27-24)14(4)29-23(20)18-9-15(25)10-19-16(18)5-7-26-19;1-12(2)20-22(17-6-8-27-24-21(17)13(3)11-28-24)14(4)29-23(20)18-9-15(25)10-19-16(18)5-7-26-19;1-12(2)21-22(17-6-8-27-24-19(17)9-13(3)28-24)14(4)29-23(21)18-10-15(25)11-20-16(18)5-7-26-20;1-12(2)20-21(16-5-4-6-18-22(16)27-11-26-18)13(3)28-23(20)17-9-14(24)10-19-15(17)7-8-25-19/h3*5-12,26,29H,1-4H3,(H,27,28);4-12,25,28H,1-3H3,(H,26,27). The average Bonchev–Trinajstić information content (AvgIpc) is 1.63. The lowest BCUT2D eigenvalue weighted by Crippen LogP contribution is -1.96. The van der Waals surface area contributed by atoms with Gasteiger partial charge in [0.15, 0.2) is 0 Å². The SMILES string of the molecule is Cc1[nH]c(-c2cc(F)cc3[nH]ccc23)c(C(C)C)c1-c1cccc2[nH]cnc12.Cc1[nH]c(-c2cc(F)cc3[nH]ccc23)c(C(C)C)c1-c1ccnc2[nH]cc(C)c12.Cc1cc2c(-c3c(C)[nH]c(-c4cc(F)cc5[nH]ccc45)c3C(C)C)ccnc2[nH]1.Cc1cnc2[nH]ccc2c1-c1c(C)[nH]c(-c2cc(F)cc3[nH]ccc23)c1C(C)C. The van der Waals surface area contributed by atoms with Crippen LogP contribution in [0, 0.1) is 71.7 Å². The Balaban J connectivity index is 0.000000111. The number of halogens is 4. The Labute approximate surface area is 661 Å². The van der Waals surface area contributed by atoms with Crippen molar-refractivity contribution in [3.63, 3.8) is 0 Å². The fourth-order valence-electron chi connectivity index (χ4n) is 17.9. The Morgan fingerprint density at radius 3 is 1.18 bits per heavy atom. The smallest absolute Gasteiger partial charge is 0.138 e. The summed E-state index contributed by atoms with van der Waals surface area (Å²) in [4.78, 5) is 57.9. The molecule has 0 unspecified atom stereocenters. The molecule has 15 aromatic heterocycles. The number of hydrogen-bond donors (Lipinski definition) is 12. The average molecular weight is 1530 g/mol. The molecular weight excluding hydrogens is 1440 g/mol. The minimum absolute atomic E-state index is 0.244. The predicted octanol–water partition coefficient (Wildman–Crippen LogP) is 26.0. The largest absolute Gasteiger partial charge is 0.361 e. The van der Waals surface area contributed by atoms with E-state index in [0.29, 0.717) is 0 Å². The van der Waals surface area contributed by atoms with E-state index in [1.165, 1.54) is 56.1 Å². The summed E-state index contributed by atoms with van der Waals surface area (Å²) in [6, 6.07) is 35.2. The van der Waals surface area contributed by atoms with Crippen molar-refractivity contribution >= 4 is 87.7 Å². The van der Waals surface area contributed by atoms with Gasteiger partial charge in [0.25, 0.3) is 0 Å². The summed E-state index contributed by atoms with van der Waals surface area (Å²) in [6.45, 7) is 32.0. The maximum absolute atomic E-state index is 14.4. The Bertz CT molecular complexity index is 7100. The monoisotopic (exact) mass is 1530 g/mol. The number of H-pyrrole nitrogens is 12. The summed E-state index contributed by atoms with van der Waals surface area (Å²) in [5, 5.41) is 7.39. The highest BCUT2D eigenvalue weighted by Gasteiger charge is 2.30. The van der Waals surface area contributed by atoms with Crippen molar-refractivity contribution in [1.82, 2.24) is 79.7 Å². The Morgan fingerprint density at radius 1 is 0.304 bits per heavy atom. The second-order valence-electron chi connectivity index (χ2n) is 31.6. The number of hydrogen-bond acceptors (Lipinski definition) is 4. The molecule has 0 saturated carbocycles. The van der Waals surface area contributed by atoms with E-state index >= 15 is 0 Å². The molecule has 16 nitrogen and oxygen atoms in total. The molecule has 0 saturated heterocycles. The van der Waals surface area contributed by atoms with Crippen LogP contribution in [-0.4, -0.2) is 79.7 Å². The Kier molecular flexibility index (Phi) is 19.0. The third-order valence-corrected chi connectivity index (χ3v) is 22.5. The molecule has 20 rings (SSSR count). The predicted molar refractivity (Wildman–Crippen MR) is 462 cm³/mol. The summed E-state index contributed by atoms with van der Waals surface area (Å²) in [6.07, 6.45) is 18.7. The van der Waals surface area contributed by atoms with Gasteiger partial charge in [0.2, 0.25) is 0 Å². The number of benzene rings is 5. The van der Waals surface area contributed by atoms with Gasteiger partial charge in [0.05, 0.1) is 40.1 Å². The molecule has 0 bridgehead atoms. The van der Waals surface area contributed by atoms with Crippen molar-refractivity contribution < 1.29 is 17.6 Å². The third kappa shape index (κ3) is 13.0. The van der Waals surface area contributed by atoms with Gasteiger partial charge in [-0.3, -0.25) is 0 Å². The van der Waals surface area contributed by atoms with E-state index in [1.807, 2.05) is 99.1 Å². The summed E-state index contributed by atoms with van der Waals surface area (Å²) in [5.74, 6) is 0.0343. The van der Waals surface area contributed by atoms with Gasteiger partial charge in [-0.05, 0) is 225 Å². The first kappa shape index (κ1) is 74.4. The van der Waals surface area contributed by atoms with Gasteiger partial charge in [-0.2, -0.15) is 0 Å². The molecule has 115 heavy (non-hydrogen) atoms. The Hall–Kier alpha value is -13.4. The van der Waals surface area contributed by atoms with Gasteiger partial charge < -0.3 is 59.8 Å². The van der Waals surface area contributed by atoms with E-state index in [1.54, 1.807) is 48.8 Å². The normalized spacial score (nSPS) is 11.9. The number of nitrogens with one attached hydrogen (secondary N) is 12. The number of nitrogens with zero attached hydrogens (tertiary/aromatic N) is 4. The topological polar surface area (TPSA) is 241 Å². The zero-order valence-corrected chi connectivity index (χ0v) is 66.9. The van der Waals surface area contributed by atoms with Crippen molar-refractivity contribution in [3.05, 3.63) is 262 Å². The van der Waals surface area contributed by atoms with E-state index in [2.05, 4.69) is 207 Å². The maximum Gasteiger partial charge on any atom is 0.138 e. The molecule has 20 heteroatoms. The minimum atomic E-state index is -0.247. The first-order valence-electron chi connectivity index (χ1n) is 39.1. The molecule has 0 amide bonds. The highest BCUT2D eigenvalue weighted by Crippen LogP contribution is 2.50. The van der Waals surface area contributed by atoms with Crippen molar-refractivity contribution in [2.45, 2.75) is 128 Å². The van der Waals surface area contributed by atoms with Crippen LogP contribution in [0.3, 0.4) is 0 Å². The summed E-state index contributed by atoms with van der Waals surface area (Å²) >= 11 is 0. The molecule has 0 atom stereocenters. The Morgan fingerprint density at radius 2 is 0.713 bits per heavy atom. The van der Waals surface area contributed by atoms with E-state index in [9.17, 15) is 17.6 Å². The molecule has 578 valence electrons. The molecule has 5 aromatic carbocycles. The third-order valence-electron chi connectivity index (χ3n) is 22.5. The lowest BCUT2D eigenvalue weighted by Gasteiger charge is -2.15. The highest BCUT2D eigenvalue weighted by molar-refractivity contribution is 6.06. The van der Waals surface area contributed by atoms with Crippen LogP contribution in [0.5, 0.6) is 0 Å². The van der Waals surface area contributed by atoms with Crippen molar-refractivity contribution in [2.24, 2.45) is 0 Å². The van der Waals surface area contributed by atoms with Crippen LogP contribution in [0.25, 0.3) is 177 Å². The summed E-state index contributed by atoms with van der Waals surface area (Å²) < 4.78 is 57.5. The first-order chi connectivity index (χ1) is 55.4. The van der Waals surface area contributed by atoms with E-state index in [4.69, 9.17) is 0 Å². The van der Waals surface area contributed by atoms with Crippen LogP contribution >= 0.6 is 0 Å². The molecular formula is C95H90F4N16. The molecule has 15 heterocycles. The van der Waals surface area contributed by atoms with Gasteiger partial charge >= 0.3 is 0 Å². The van der Waals surface area contributed by atoms with Gasteiger partial charge in [0, 0.05) is 194 Å². The highest BCUT2D eigenvalue weighted by atomic mass is 19.1. The molecule has 0 fully saturated rings. The minimum Gasteiger partial charge on any atom is -0.361 e. The lowest BCUT2D eigenvalue weighted by atomic mass is 9.88. The lowest BCUT2D eigenvalue weighted by molar-refractivity contribution is 0.629. The van der Waals surface area contributed by atoms with Crippen LogP contribution < -0.4 is 0 Å². The number of rotatable bonds is 12. The van der Waals surface area contributed by atoms with Gasteiger partial charge in [-0.1, -0.05) is 67.5 Å². The van der Waals surface area contributed by atoms with Crippen molar-refractivity contribution in [1.29, 1.82) is 0 Å². The fourth-order valence-corrected chi connectivity index (χ4v) is 17.9. The van der Waals surface area contributed by atoms with Crippen LogP contribution in [0.15, 0.2) is 177 Å². The van der Waals surface area contributed by atoms with E-state index < -0.39 is 0 Å². The number of aromatic amines is 12. The fraction of sp³-hybridized carbons (Fsp3) is 0.200. The number of fused-ring (bicyclic) bond motifs is 8. The summed E-state index contributed by atoms with van der Waals surface area (Å²) in [5.41, 5.74) is 36.9. The number of aromatic nitrogens is 16. The van der Waals surface area contributed by atoms with Crippen molar-refractivity contribution in [2.75, 3.05) is 0 Å². The van der Waals surface area contributed by atoms with E-state index in [-0.39, 0.29) is 46.9 Å². The molecule has 0 aliphatic rings. The van der Waals surface area contributed by atoms with E-state index in [0.717, 1.165) is 189 Å². The second-order valence-corrected chi connectivity index (χ2v) is 31.6. The zero-order chi connectivity index (χ0) is 80.3. The zero-order valence-electron chi connectivity index (χ0n) is 66.9. The molecule has 0 radical (unpaired) electrons. The first-order valence-corrected chi connectivity index (χ1v) is 39.1. The number of imidazole rings is 1. The number of para-hydroxylation sites is 1. The van der Waals surface area contributed by atoms with Crippen LogP contribution in [0.2, 0.25) is 0 Å². The quantitative estimate of drug-likeness (QED) is 0.0534. The van der Waals surface area contributed by atoms with Gasteiger partial charge in [0.1, 0.15) is 40.2 Å². The summed E-state index contributed by atoms with van der Waals surface area (Å²) in [7, 11) is 0. The second kappa shape index (κ2) is 29.3. The molecule has 20 aromatic rings. The van der Waals surface area contributed by atoms with Crippen LogP contribution in [-0.2, 0) is 0 Å². The molecule has 0 aliphatic carbocycles. The maximum atomic E-state index is 14.4. The van der Waals surface area contributed by atoms with Crippen molar-refractivity contribution in [3.8, 4) is 89.5 Å². The molecule has 0 aliphatic heterocycles. The van der Waals surface area contributed by atoms with Crippen LogP contribution in [0.1, 0.15) is 141 Å². The van der Waals surface area contributed by atoms with Gasteiger partial charge in [-0.15, -0.1) is 0 Å². The molecule has 0 spiro atoms. The number of pyridine rings is 3.